The van der Waals surface area contributed by atoms with Crippen LogP contribution in [0.3, 0.4) is 0 Å². The van der Waals surface area contributed by atoms with Gasteiger partial charge in [0.1, 0.15) is 17.2 Å². The molecule has 0 saturated carbocycles. The molecule has 0 aliphatic heterocycles. The Morgan fingerprint density at radius 3 is 2.20 bits per heavy atom. The molecule has 25 heavy (non-hydrogen) atoms. The first-order valence-corrected chi connectivity index (χ1v) is 7.96. The Balaban J connectivity index is 1.82. The average Bonchev–Trinajstić information content (AvgIpc) is 2.60. The molecule has 0 heterocycles. The lowest BCUT2D eigenvalue weighted by molar-refractivity contribution is 0.463. The molecule has 0 aliphatic carbocycles. The number of nitrogens with zero attached hydrogens (tertiary/aromatic N) is 2. The molecule has 0 fully saturated rings. The molecule has 3 N–H and O–H groups in total. The number of benzene rings is 3. The van der Waals surface area contributed by atoms with Crippen LogP contribution in [-0.4, -0.2) is 10.2 Å². The topological polar surface area (TPSA) is 77.2 Å². The molecule has 3 rings (SSSR count). The van der Waals surface area contributed by atoms with Gasteiger partial charge < -0.3 is 15.5 Å². The monoisotopic (exact) mass is 353 g/mol. The second kappa shape index (κ2) is 7.23. The fraction of sp³-hybridized carbons (Fsp3) is 0.0526. The first kappa shape index (κ1) is 16.8. The van der Waals surface area contributed by atoms with E-state index in [4.69, 9.17) is 11.6 Å². The van der Waals surface area contributed by atoms with Crippen molar-refractivity contribution in [2.45, 2.75) is 6.92 Å². The molecule has 5 nitrogen and oxygen atoms in total. The van der Waals surface area contributed by atoms with E-state index in [0.717, 1.165) is 11.3 Å². The molecule has 0 radical (unpaired) electrons. The molecule has 0 aromatic heterocycles. The van der Waals surface area contributed by atoms with E-state index in [2.05, 4.69) is 15.5 Å². The molecule has 126 valence electrons. The summed E-state index contributed by atoms with van der Waals surface area (Å²) in [5.74, 6) is -0.143. The summed E-state index contributed by atoms with van der Waals surface area (Å²) in [4.78, 5) is 0. The molecule has 3 aromatic rings. The van der Waals surface area contributed by atoms with Crippen LogP contribution in [0.4, 0.5) is 22.7 Å². The number of hydrogen-bond acceptors (Lipinski definition) is 5. The largest absolute Gasteiger partial charge is 0.506 e. The second-order valence-electron chi connectivity index (χ2n) is 5.53. The van der Waals surface area contributed by atoms with Crippen molar-refractivity contribution in [3.8, 4) is 11.5 Å². The van der Waals surface area contributed by atoms with Crippen molar-refractivity contribution in [1.82, 2.24) is 0 Å². The zero-order valence-electron chi connectivity index (χ0n) is 13.4. The summed E-state index contributed by atoms with van der Waals surface area (Å²) in [6.45, 7) is 1.98. The van der Waals surface area contributed by atoms with Crippen LogP contribution in [-0.2, 0) is 0 Å². The van der Waals surface area contributed by atoms with E-state index in [1.54, 1.807) is 24.3 Å². The van der Waals surface area contributed by atoms with Crippen LogP contribution in [0.1, 0.15) is 5.56 Å². The van der Waals surface area contributed by atoms with Crippen molar-refractivity contribution >= 4 is 34.4 Å². The van der Waals surface area contributed by atoms with E-state index in [9.17, 15) is 10.2 Å². The number of azo groups is 1. The molecule has 0 atom stereocenters. The highest BCUT2D eigenvalue weighted by atomic mass is 35.5. The van der Waals surface area contributed by atoms with E-state index >= 15 is 0 Å². The first-order valence-electron chi connectivity index (χ1n) is 7.58. The predicted molar refractivity (Wildman–Crippen MR) is 99.9 cm³/mol. The lowest BCUT2D eigenvalue weighted by Crippen LogP contribution is -1.90. The van der Waals surface area contributed by atoms with Crippen molar-refractivity contribution in [3.05, 3.63) is 71.2 Å². The van der Waals surface area contributed by atoms with E-state index in [-0.39, 0.29) is 17.2 Å². The van der Waals surface area contributed by atoms with Crippen LogP contribution in [0.15, 0.2) is 70.9 Å². The molecule has 6 heteroatoms. The number of anilines is 2. The normalized spacial score (nSPS) is 11.0. The summed E-state index contributed by atoms with van der Waals surface area (Å²) in [6, 6.07) is 17.2. The summed E-state index contributed by atoms with van der Waals surface area (Å²) in [5.41, 5.74) is 3.05. The number of rotatable bonds is 4. The minimum absolute atomic E-state index is 0.0504. The van der Waals surface area contributed by atoms with E-state index in [1.807, 2.05) is 31.2 Å². The van der Waals surface area contributed by atoms with Gasteiger partial charge in [-0.3, -0.25) is 0 Å². The molecule has 0 unspecified atom stereocenters. The number of phenolic OH excluding ortho intramolecular Hbond substituents is 2. The molecule has 0 spiro atoms. The van der Waals surface area contributed by atoms with Gasteiger partial charge in [-0.2, -0.15) is 5.11 Å². The van der Waals surface area contributed by atoms with Gasteiger partial charge >= 0.3 is 0 Å². The Bertz CT molecular complexity index is 907. The Morgan fingerprint density at radius 1 is 0.840 bits per heavy atom. The summed E-state index contributed by atoms with van der Waals surface area (Å²) >= 11 is 5.85. The van der Waals surface area contributed by atoms with Gasteiger partial charge in [-0.1, -0.05) is 29.3 Å². The van der Waals surface area contributed by atoms with Crippen LogP contribution in [0, 0.1) is 6.92 Å². The minimum Gasteiger partial charge on any atom is -0.506 e. The second-order valence-corrected chi connectivity index (χ2v) is 5.96. The highest BCUT2D eigenvalue weighted by Gasteiger charge is 2.09. The molecule has 0 bridgehead atoms. The molecule has 0 aliphatic rings. The van der Waals surface area contributed by atoms with Gasteiger partial charge in [0.05, 0.1) is 11.4 Å². The van der Waals surface area contributed by atoms with Gasteiger partial charge in [0.25, 0.3) is 0 Å². The third-order valence-corrected chi connectivity index (χ3v) is 3.78. The fourth-order valence-corrected chi connectivity index (χ4v) is 2.28. The van der Waals surface area contributed by atoms with Gasteiger partial charge in [0.15, 0.2) is 0 Å². The lowest BCUT2D eigenvalue weighted by Gasteiger charge is -2.10. The van der Waals surface area contributed by atoms with Crippen molar-refractivity contribution in [1.29, 1.82) is 0 Å². The van der Waals surface area contributed by atoms with E-state index in [1.165, 1.54) is 12.1 Å². The van der Waals surface area contributed by atoms with Gasteiger partial charge in [-0.15, -0.1) is 5.11 Å². The van der Waals surface area contributed by atoms with Crippen molar-refractivity contribution in [2.24, 2.45) is 10.2 Å². The fourth-order valence-electron chi connectivity index (χ4n) is 2.16. The number of aromatic hydroxyl groups is 2. The van der Waals surface area contributed by atoms with Crippen molar-refractivity contribution in [3.63, 3.8) is 0 Å². The quantitative estimate of drug-likeness (QED) is 0.296. The average molecular weight is 354 g/mol. The van der Waals surface area contributed by atoms with Crippen LogP contribution in [0.25, 0.3) is 0 Å². The smallest absolute Gasteiger partial charge is 0.145 e. The molecular formula is C19H16ClN3O2. The van der Waals surface area contributed by atoms with Gasteiger partial charge in [0.2, 0.25) is 0 Å². The van der Waals surface area contributed by atoms with Crippen LogP contribution >= 0.6 is 11.6 Å². The Morgan fingerprint density at radius 2 is 1.52 bits per heavy atom. The van der Waals surface area contributed by atoms with Crippen LogP contribution < -0.4 is 5.32 Å². The summed E-state index contributed by atoms with van der Waals surface area (Å²) in [6.07, 6.45) is 0. The number of phenols is 2. The van der Waals surface area contributed by atoms with Crippen molar-refractivity contribution in [2.75, 3.05) is 5.32 Å². The number of aryl methyl sites for hydroxylation is 1. The number of halogens is 1. The first-order chi connectivity index (χ1) is 12.0. The Labute approximate surface area is 150 Å². The lowest BCUT2D eigenvalue weighted by atomic mass is 10.2. The molecular weight excluding hydrogens is 338 g/mol. The van der Waals surface area contributed by atoms with E-state index < -0.39 is 0 Å². The highest BCUT2D eigenvalue weighted by molar-refractivity contribution is 6.30. The minimum atomic E-state index is -0.0925. The zero-order valence-corrected chi connectivity index (χ0v) is 14.2. The molecule has 0 amide bonds. The van der Waals surface area contributed by atoms with Crippen LogP contribution in [0.2, 0.25) is 5.02 Å². The Hall–Kier alpha value is -3.05. The standard InChI is InChI=1S/C19H16ClN3O2/c1-12-2-6-15(7-3-12)22-23-17-11-18(24)16(10-19(17)25)21-14-8-4-13(20)5-9-14/h2-11,21,24-25H,1H3. The summed E-state index contributed by atoms with van der Waals surface area (Å²) < 4.78 is 0. The number of nitrogens with one attached hydrogen (secondary N) is 1. The number of hydrogen-bond donors (Lipinski definition) is 3. The maximum atomic E-state index is 10.2. The molecule has 3 aromatic carbocycles. The molecule has 0 saturated heterocycles. The third-order valence-electron chi connectivity index (χ3n) is 3.52. The zero-order chi connectivity index (χ0) is 17.8. The van der Waals surface area contributed by atoms with Gasteiger partial charge in [0, 0.05) is 22.8 Å². The maximum absolute atomic E-state index is 10.2. The van der Waals surface area contributed by atoms with E-state index in [0.29, 0.717) is 16.4 Å². The maximum Gasteiger partial charge on any atom is 0.145 e. The predicted octanol–water partition coefficient (Wildman–Crippen LogP) is 6.22. The van der Waals surface area contributed by atoms with Crippen molar-refractivity contribution < 1.29 is 10.2 Å². The SMILES string of the molecule is Cc1ccc(N=Nc2cc(O)c(Nc3ccc(Cl)cc3)cc2O)cc1. The Kier molecular flexibility index (Phi) is 4.86. The van der Waals surface area contributed by atoms with Crippen LogP contribution in [0.5, 0.6) is 11.5 Å². The highest BCUT2D eigenvalue weighted by Crippen LogP contribution is 2.38. The van der Waals surface area contributed by atoms with Gasteiger partial charge in [-0.05, 0) is 43.3 Å². The third kappa shape index (κ3) is 4.28. The summed E-state index contributed by atoms with van der Waals surface area (Å²) in [7, 11) is 0. The summed E-state index contributed by atoms with van der Waals surface area (Å²) in [5, 5.41) is 32.0. The van der Waals surface area contributed by atoms with Gasteiger partial charge in [-0.25, -0.2) is 0 Å².